The van der Waals surface area contributed by atoms with E-state index in [1.807, 2.05) is 0 Å². The second-order valence-corrected chi connectivity index (χ2v) is 6.31. The van der Waals surface area contributed by atoms with E-state index < -0.39 is 17.7 Å². The molecule has 4 nitrogen and oxygen atoms in total. The van der Waals surface area contributed by atoms with Gasteiger partial charge in [-0.3, -0.25) is 4.68 Å². The average molecular weight is 371 g/mol. The first kappa shape index (κ1) is 17.5. The Labute approximate surface area is 146 Å². The highest BCUT2D eigenvalue weighted by Crippen LogP contribution is 2.39. The van der Waals surface area contributed by atoms with E-state index in [1.54, 1.807) is 10.7 Å². The molecule has 1 saturated carbocycles. The van der Waals surface area contributed by atoms with Crippen molar-refractivity contribution in [1.29, 1.82) is 0 Å². The average Bonchev–Trinajstić information content (AvgIpc) is 3.28. The first-order chi connectivity index (χ1) is 11.7. The molecule has 1 fully saturated rings. The quantitative estimate of drug-likeness (QED) is 0.784. The van der Waals surface area contributed by atoms with Crippen LogP contribution < -0.4 is 0 Å². The van der Waals surface area contributed by atoms with Gasteiger partial charge in [-0.15, -0.1) is 0 Å². The van der Waals surface area contributed by atoms with Crippen LogP contribution in [0.3, 0.4) is 0 Å². The van der Waals surface area contributed by atoms with E-state index in [1.165, 1.54) is 12.1 Å². The monoisotopic (exact) mass is 370 g/mol. The van der Waals surface area contributed by atoms with Crippen molar-refractivity contribution in [3.05, 3.63) is 57.9 Å². The lowest BCUT2D eigenvalue weighted by atomic mass is 10.1. The Morgan fingerprint density at radius 1 is 1.36 bits per heavy atom. The summed E-state index contributed by atoms with van der Waals surface area (Å²) >= 11 is 5.99. The summed E-state index contributed by atoms with van der Waals surface area (Å²) in [7, 11) is 0. The molecule has 132 valence electrons. The fourth-order valence-electron chi connectivity index (χ4n) is 2.46. The van der Waals surface area contributed by atoms with Crippen molar-refractivity contribution in [2.24, 2.45) is 0 Å². The SMILES string of the molecule is O=C(O)/C=C/c1cc(C2CC2)nn1Cc1ccc(C(F)(F)F)cc1Cl. The van der Waals surface area contributed by atoms with Gasteiger partial charge in [-0.05, 0) is 42.7 Å². The molecule has 1 N–H and O–H groups in total. The van der Waals surface area contributed by atoms with E-state index in [4.69, 9.17) is 16.7 Å². The topological polar surface area (TPSA) is 55.1 Å². The van der Waals surface area contributed by atoms with Gasteiger partial charge in [0.15, 0.2) is 0 Å². The number of hydrogen-bond acceptors (Lipinski definition) is 2. The zero-order chi connectivity index (χ0) is 18.2. The number of carbonyl (C=O) groups is 1. The molecular weight excluding hydrogens is 357 g/mol. The highest BCUT2D eigenvalue weighted by molar-refractivity contribution is 6.31. The maximum Gasteiger partial charge on any atom is 0.416 e. The summed E-state index contributed by atoms with van der Waals surface area (Å²) in [6.45, 7) is 0.156. The molecule has 0 unspecified atom stereocenters. The zero-order valence-electron chi connectivity index (χ0n) is 12.9. The van der Waals surface area contributed by atoms with E-state index in [2.05, 4.69) is 5.10 Å². The standard InChI is InChI=1S/C17H14ClF3N2O2/c18-14-7-12(17(19,20)21)4-3-11(14)9-23-13(5-6-16(24)25)8-15(22-23)10-1-2-10/h3-8,10H,1-2,9H2,(H,24,25)/b6-5+. The van der Waals surface area contributed by atoms with Crippen molar-refractivity contribution in [1.82, 2.24) is 9.78 Å². The van der Waals surface area contributed by atoms with Crippen LogP contribution in [0.25, 0.3) is 6.08 Å². The van der Waals surface area contributed by atoms with E-state index >= 15 is 0 Å². The molecule has 1 heterocycles. The van der Waals surface area contributed by atoms with Crippen LogP contribution in [0.1, 0.15) is 41.3 Å². The molecule has 2 aromatic rings. The van der Waals surface area contributed by atoms with Gasteiger partial charge in [0.1, 0.15) is 0 Å². The van der Waals surface area contributed by atoms with Crippen LogP contribution in [-0.2, 0) is 17.5 Å². The molecule has 3 rings (SSSR count). The molecule has 1 aromatic heterocycles. The molecule has 0 aliphatic heterocycles. The molecule has 0 bridgehead atoms. The molecule has 1 aliphatic carbocycles. The Bertz CT molecular complexity index is 839. The minimum absolute atomic E-state index is 0.00791. The molecule has 25 heavy (non-hydrogen) atoms. The summed E-state index contributed by atoms with van der Waals surface area (Å²) in [6, 6.07) is 4.97. The van der Waals surface area contributed by atoms with Gasteiger partial charge in [-0.1, -0.05) is 17.7 Å². The lowest BCUT2D eigenvalue weighted by Crippen LogP contribution is -2.08. The fraction of sp³-hybridized carbons (Fsp3) is 0.294. The second-order valence-electron chi connectivity index (χ2n) is 5.90. The molecule has 0 spiro atoms. The highest BCUT2D eigenvalue weighted by Gasteiger charge is 2.31. The third-order valence-corrected chi connectivity index (χ3v) is 4.27. The fourth-order valence-corrected chi connectivity index (χ4v) is 2.70. The van der Waals surface area contributed by atoms with Gasteiger partial charge >= 0.3 is 12.1 Å². The third-order valence-electron chi connectivity index (χ3n) is 3.92. The summed E-state index contributed by atoms with van der Waals surface area (Å²) < 4.78 is 39.7. The molecular formula is C17H14ClF3N2O2. The van der Waals surface area contributed by atoms with Crippen molar-refractivity contribution in [3.63, 3.8) is 0 Å². The summed E-state index contributed by atoms with van der Waals surface area (Å²) in [4.78, 5) is 10.7. The third kappa shape index (κ3) is 4.22. The van der Waals surface area contributed by atoms with Gasteiger partial charge in [-0.25, -0.2) is 4.79 Å². The second kappa shape index (κ2) is 6.55. The van der Waals surface area contributed by atoms with Crippen molar-refractivity contribution in [2.45, 2.75) is 31.5 Å². The van der Waals surface area contributed by atoms with Crippen LogP contribution in [0.15, 0.2) is 30.3 Å². The van der Waals surface area contributed by atoms with Gasteiger partial charge in [0, 0.05) is 17.0 Å². The number of rotatable bonds is 5. The number of halogens is 4. The van der Waals surface area contributed by atoms with E-state index in [-0.39, 0.29) is 11.6 Å². The zero-order valence-corrected chi connectivity index (χ0v) is 13.7. The summed E-state index contributed by atoms with van der Waals surface area (Å²) in [5.74, 6) is -0.727. The Hall–Kier alpha value is -2.28. The Balaban J connectivity index is 1.90. The van der Waals surface area contributed by atoms with E-state index in [0.717, 1.165) is 36.7 Å². The van der Waals surface area contributed by atoms with Gasteiger partial charge in [0.05, 0.1) is 23.5 Å². The first-order valence-corrected chi connectivity index (χ1v) is 7.96. The van der Waals surface area contributed by atoms with Gasteiger partial charge in [0.2, 0.25) is 0 Å². The lowest BCUT2D eigenvalue weighted by Gasteiger charge is -2.11. The smallest absolute Gasteiger partial charge is 0.416 e. The van der Waals surface area contributed by atoms with Crippen LogP contribution in [0, 0.1) is 0 Å². The Kier molecular flexibility index (Phi) is 4.60. The number of aliphatic carboxylic acids is 1. The molecule has 0 saturated heterocycles. The summed E-state index contributed by atoms with van der Waals surface area (Å²) in [6.07, 6.45) is 0.0143. The van der Waals surface area contributed by atoms with Gasteiger partial charge in [0.25, 0.3) is 0 Å². The van der Waals surface area contributed by atoms with Crippen LogP contribution in [0.4, 0.5) is 13.2 Å². The first-order valence-electron chi connectivity index (χ1n) is 7.58. The Morgan fingerprint density at radius 3 is 2.64 bits per heavy atom. The predicted molar refractivity (Wildman–Crippen MR) is 86.4 cm³/mol. The molecule has 1 aromatic carbocycles. The lowest BCUT2D eigenvalue weighted by molar-refractivity contribution is -0.137. The minimum Gasteiger partial charge on any atom is -0.478 e. The Morgan fingerprint density at radius 2 is 2.08 bits per heavy atom. The van der Waals surface area contributed by atoms with Crippen LogP contribution in [-0.4, -0.2) is 20.9 Å². The van der Waals surface area contributed by atoms with Gasteiger partial charge in [-0.2, -0.15) is 18.3 Å². The van der Waals surface area contributed by atoms with Crippen molar-refractivity contribution in [2.75, 3.05) is 0 Å². The van der Waals surface area contributed by atoms with Crippen LogP contribution in [0.2, 0.25) is 5.02 Å². The van der Waals surface area contributed by atoms with Crippen molar-refractivity contribution in [3.8, 4) is 0 Å². The number of nitrogens with zero attached hydrogens (tertiary/aromatic N) is 2. The van der Waals surface area contributed by atoms with Gasteiger partial charge < -0.3 is 5.11 Å². The summed E-state index contributed by atoms with van der Waals surface area (Å²) in [5, 5.41) is 13.2. The van der Waals surface area contributed by atoms with Crippen LogP contribution in [0.5, 0.6) is 0 Å². The molecule has 0 amide bonds. The van der Waals surface area contributed by atoms with E-state index in [0.29, 0.717) is 17.2 Å². The van der Waals surface area contributed by atoms with Crippen molar-refractivity contribution >= 4 is 23.6 Å². The number of hydrogen-bond donors (Lipinski definition) is 1. The molecule has 8 heteroatoms. The van der Waals surface area contributed by atoms with E-state index in [9.17, 15) is 18.0 Å². The maximum atomic E-state index is 12.7. The minimum atomic E-state index is -4.46. The molecule has 1 aliphatic rings. The normalized spacial score (nSPS) is 15.0. The largest absolute Gasteiger partial charge is 0.478 e. The van der Waals surface area contributed by atoms with Crippen molar-refractivity contribution < 1.29 is 23.1 Å². The van der Waals surface area contributed by atoms with Crippen LogP contribution >= 0.6 is 11.6 Å². The number of benzene rings is 1. The molecule has 0 atom stereocenters. The highest BCUT2D eigenvalue weighted by atomic mass is 35.5. The number of alkyl halides is 3. The molecule has 0 radical (unpaired) electrons. The maximum absolute atomic E-state index is 12.7. The number of carboxylic acid groups (broad SMARTS) is 1. The number of aromatic nitrogens is 2. The predicted octanol–water partition coefficient (Wildman–Crippen LogP) is 4.58. The summed E-state index contributed by atoms with van der Waals surface area (Å²) in [5.41, 5.74) is 1.09. The number of carboxylic acids is 1.